The standard InChI is InChI=1S/C45H78NS/c1-3-5-7-9-11-13-15-16-17-18-19-20-21-22-23-24-25-27-29-31-33-44-41-45(47-42-44)35-34-43-36-39-46(40-37-43)38-32-30-28-26-14-12-10-8-6-4-2/h34-37,39-42H,3-33,38H2,1-2H3/q+1. The molecule has 268 valence electrons. The molecule has 0 aliphatic carbocycles. The third-order valence-corrected chi connectivity index (χ3v) is 11.1. The highest BCUT2D eigenvalue weighted by atomic mass is 32.1. The Bertz CT molecular complexity index is 941. The first-order valence-electron chi connectivity index (χ1n) is 21.1. The van der Waals surface area contributed by atoms with Crippen molar-refractivity contribution in [2.45, 2.75) is 219 Å². The normalized spacial score (nSPS) is 11.7. The Morgan fingerprint density at radius 2 is 0.851 bits per heavy atom. The minimum Gasteiger partial charge on any atom is -0.205 e. The number of thiophene rings is 1. The van der Waals surface area contributed by atoms with Crippen molar-refractivity contribution in [3.05, 3.63) is 52.0 Å². The monoisotopic (exact) mass is 665 g/mol. The van der Waals surface area contributed by atoms with Crippen LogP contribution in [0.15, 0.2) is 36.0 Å². The van der Waals surface area contributed by atoms with Crippen LogP contribution in [0, 0.1) is 0 Å². The van der Waals surface area contributed by atoms with E-state index in [0.29, 0.717) is 0 Å². The van der Waals surface area contributed by atoms with Crippen molar-refractivity contribution in [3.63, 3.8) is 0 Å². The molecule has 0 unspecified atom stereocenters. The first-order chi connectivity index (χ1) is 23.3. The molecule has 2 aromatic rings. The SMILES string of the molecule is CCCCCCCCCCCCCCCCCCCCCCc1csc(C=Cc2cc[n+](CCCCCCCCCCCC)cc2)c1. The van der Waals surface area contributed by atoms with Crippen LogP contribution < -0.4 is 4.57 Å². The van der Waals surface area contributed by atoms with Crippen LogP contribution in [0.2, 0.25) is 0 Å². The summed E-state index contributed by atoms with van der Waals surface area (Å²) in [7, 11) is 0. The molecule has 0 aliphatic rings. The van der Waals surface area contributed by atoms with Crippen molar-refractivity contribution in [2.75, 3.05) is 0 Å². The first kappa shape index (κ1) is 41.8. The highest BCUT2D eigenvalue weighted by molar-refractivity contribution is 7.11. The molecule has 0 saturated carbocycles. The van der Waals surface area contributed by atoms with Crippen LogP contribution in [0.5, 0.6) is 0 Å². The predicted molar refractivity (Wildman–Crippen MR) is 213 cm³/mol. The Morgan fingerprint density at radius 1 is 0.468 bits per heavy atom. The maximum atomic E-state index is 2.41. The van der Waals surface area contributed by atoms with Crippen molar-refractivity contribution in [3.8, 4) is 0 Å². The molecule has 2 aromatic heterocycles. The molecule has 0 fully saturated rings. The lowest BCUT2D eigenvalue weighted by Crippen LogP contribution is -2.32. The fraction of sp³-hybridized carbons (Fsp3) is 0.756. The predicted octanol–water partition coefficient (Wildman–Crippen LogP) is 15.5. The van der Waals surface area contributed by atoms with Crippen LogP contribution in [0.3, 0.4) is 0 Å². The number of nitrogens with zero attached hydrogens (tertiary/aromatic N) is 1. The van der Waals surface area contributed by atoms with Crippen LogP contribution in [0.25, 0.3) is 12.2 Å². The molecule has 2 heterocycles. The van der Waals surface area contributed by atoms with Gasteiger partial charge in [-0.3, -0.25) is 0 Å². The van der Waals surface area contributed by atoms with E-state index in [0.717, 1.165) is 6.54 Å². The average Bonchev–Trinajstić information content (AvgIpc) is 3.55. The maximum Gasteiger partial charge on any atom is 0.169 e. The Morgan fingerprint density at radius 3 is 1.28 bits per heavy atom. The number of aromatic nitrogens is 1. The Labute approximate surface area is 298 Å². The average molecular weight is 665 g/mol. The summed E-state index contributed by atoms with van der Waals surface area (Å²) < 4.78 is 2.35. The van der Waals surface area contributed by atoms with Gasteiger partial charge in [0, 0.05) is 23.4 Å². The summed E-state index contributed by atoms with van der Waals surface area (Å²) in [6.07, 6.45) is 53.3. The molecule has 0 N–H and O–H groups in total. The van der Waals surface area contributed by atoms with Crippen LogP contribution in [-0.2, 0) is 13.0 Å². The van der Waals surface area contributed by atoms with Gasteiger partial charge in [-0.05, 0) is 47.9 Å². The van der Waals surface area contributed by atoms with Crippen LogP contribution >= 0.6 is 11.3 Å². The van der Waals surface area contributed by atoms with Gasteiger partial charge < -0.3 is 0 Å². The molecule has 0 saturated heterocycles. The summed E-state index contributed by atoms with van der Waals surface area (Å²) in [5.41, 5.74) is 2.83. The molecule has 0 bridgehead atoms. The first-order valence-corrected chi connectivity index (χ1v) is 21.9. The van der Waals surface area contributed by atoms with Crippen LogP contribution in [0.1, 0.15) is 222 Å². The Balaban J connectivity index is 1.38. The van der Waals surface area contributed by atoms with Gasteiger partial charge in [0.1, 0.15) is 6.54 Å². The lowest BCUT2D eigenvalue weighted by molar-refractivity contribution is -0.697. The van der Waals surface area contributed by atoms with Crippen LogP contribution in [-0.4, -0.2) is 0 Å². The summed E-state index contributed by atoms with van der Waals surface area (Å²) >= 11 is 1.89. The number of pyridine rings is 1. The number of aryl methyl sites for hydroxylation is 2. The number of unbranched alkanes of at least 4 members (excludes halogenated alkanes) is 28. The molecule has 0 amide bonds. The summed E-state index contributed by atoms with van der Waals surface area (Å²) in [5, 5.41) is 2.38. The Kier molecular flexibility index (Phi) is 28.3. The zero-order valence-electron chi connectivity index (χ0n) is 31.6. The van der Waals surface area contributed by atoms with Crippen molar-refractivity contribution < 1.29 is 4.57 Å². The van der Waals surface area contributed by atoms with Crippen molar-refractivity contribution >= 4 is 23.5 Å². The minimum atomic E-state index is 1.15. The summed E-state index contributed by atoms with van der Waals surface area (Å²) in [5.74, 6) is 0. The fourth-order valence-corrected chi connectivity index (χ4v) is 7.73. The summed E-state index contributed by atoms with van der Waals surface area (Å²) in [6.45, 7) is 5.75. The van der Waals surface area contributed by atoms with Gasteiger partial charge in [-0.1, -0.05) is 193 Å². The highest BCUT2D eigenvalue weighted by Gasteiger charge is 2.02. The van der Waals surface area contributed by atoms with E-state index in [9.17, 15) is 0 Å². The summed E-state index contributed by atoms with van der Waals surface area (Å²) in [6, 6.07) is 6.94. The molecule has 0 aliphatic heterocycles. The molecule has 47 heavy (non-hydrogen) atoms. The van der Waals surface area contributed by atoms with Gasteiger partial charge in [0.25, 0.3) is 0 Å². The molecular formula is C45H78NS+. The minimum absolute atomic E-state index is 1.15. The number of hydrogen-bond donors (Lipinski definition) is 0. The fourth-order valence-electron chi connectivity index (χ4n) is 6.89. The van der Waals surface area contributed by atoms with E-state index in [2.05, 4.69) is 66.5 Å². The van der Waals surface area contributed by atoms with Gasteiger partial charge >= 0.3 is 0 Å². The highest BCUT2D eigenvalue weighted by Crippen LogP contribution is 2.21. The molecule has 1 nitrogen and oxygen atoms in total. The number of rotatable bonds is 34. The smallest absolute Gasteiger partial charge is 0.169 e. The lowest BCUT2D eigenvalue weighted by atomic mass is 10.0. The Hall–Kier alpha value is -1.41. The number of hydrogen-bond acceptors (Lipinski definition) is 1. The lowest BCUT2D eigenvalue weighted by Gasteiger charge is -2.04. The molecule has 0 spiro atoms. The van der Waals surface area contributed by atoms with Gasteiger partial charge in [-0.25, -0.2) is 4.57 Å². The van der Waals surface area contributed by atoms with E-state index in [4.69, 9.17) is 0 Å². The quantitative estimate of drug-likeness (QED) is 0.0518. The summed E-state index contributed by atoms with van der Waals surface area (Å²) in [4.78, 5) is 1.38. The van der Waals surface area contributed by atoms with Crippen LogP contribution in [0.4, 0.5) is 0 Å². The van der Waals surface area contributed by atoms with Crippen molar-refractivity contribution in [1.29, 1.82) is 0 Å². The van der Waals surface area contributed by atoms with Gasteiger partial charge in [-0.15, -0.1) is 11.3 Å². The largest absolute Gasteiger partial charge is 0.205 e. The van der Waals surface area contributed by atoms with E-state index < -0.39 is 0 Å². The topological polar surface area (TPSA) is 3.88 Å². The van der Waals surface area contributed by atoms with E-state index in [-0.39, 0.29) is 0 Å². The van der Waals surface area contributed by atoms with Gasteiger partial charge in [-0.2, -0.15) is 0 Å². The van der Waals surface area contributed by atoms with Gasteiger partial charge in [0.05, 0.1) is 0 Å². The second-order valence-corrected chi connectivity index (χ2v) is 15.7. The molecule has 0 atom stereocenters. The molecule has 2 heteroatoms. The third kappa shape index (κ3) is 25.3. The van der Waals surface area contributed by atoms with E-state index in [1.165, 1.54) is 215 Å². The van der Waals surface area contributed by atoms with Crippen molar-refractivity contribution in [1.82, 2.24) is 0 Å². The van der Waals surface area contributed by atoms with E-state index >= 15 is 0 Å². The zero-order valence-corrected chi connectivity index (χ0v) is 32.4. The van der Waals surface area contributed by atoms with Crippen molar-refractivity contribution in [2.24, 2.45) is 0 Å². The molecular weight excluding hydrogens is 587 g/mol. The van der Waals surface area contributed by atoms with E-state index in [1.54, 1.807) is 0 Å². The van der Waals surface area contributed by atoms with E-state index in [1.807, 2.05) is 11.3 Å². The molecule has 2 rings (SSSR count). The second-order valence-electron chi connectivity index (χ2n) is 14.7. The third-order valence-electron chi connectivity index (χ3n) is 10.1. The van der Waals surface area contributed by atoms with Gasteiger partial charge in [0.2, 0.25) is 0 Å². The second kappa shape index (κ2) is 31.8. The van der Waals surface area contributed by atoms with Gasteiger partial charge in [0.15, 0.2) is 12.4 Å². The maximum absolute atomic E-state index is 2.41. The zero-order chi connectivity index (χ0) is 33.3. The molecule has 0 aromatic carbocycles. The molecule has 0 radical (unpaired) electrons.